The molecule has 1 aliphatic rings. The lowest BCUT2D eigenvalue weighted by atomic mass is 9.96. The lowest BCUT2D eigenvalue weighted by molar-refractivity contribution is -0.170. The number of nitrogens with zero attached hydrogens (tertiary/aromatic N) is 1. The molecule has 0 aliphatic carbocycles. The van der Waals surface area contributed by atoms with E-state index in [2.05, 4.69) is 5.32 Å². The quantitative estimate of drug-likeness (QED) is 0.829. The van der Waals surface area contributed by atoms with Gasteiger partial charge in [-0.25, -0.2) is 0 Å². The Labute approximate surface area is 159 Å². The van der Waals surface area contributed by atoms with Crippen molar-refractivity contribution < 1.29 is 14.3 Å². The number of nitrogens with one attached hydrogen (secondary N) is 1. The Morgan fingerprint density at radius 2 is 1.63 bits per heavy atom. The van der Waals surface area contributed by atoms with Gasteiger partial charge in [-0.15, -0.1) is 0 Å². The van der Waals surface area contributed by atoms with Gasteiger partial charge in [0.2, 0.25) is 5.72 Å². The molecule has 1 N–H and O–H groups in total. The van der Waals surface area contributed by atoms with E-state index < -0.39 is 5.72 Å². The summed E-state index contributed by atoms with van der Waals surface area (Å²) in [7, 11) is 1.43. The van der Waals surface area contributed by atoms with Crippen LogP contribution in [0.4, 0.5) is 0 Å². The summed E-state index contributed by atoms with van der Waals surface area (Å²) in [5, 5.41) is 2.80. The van der Waals surface area contributed by atoms with Gasteiger partial charge in [-0.05, 0) is 11.5 Å². The smallest absolute Gasteiger partial charge is 0.285 e. The first kappa shape index (κ1) is 18.9. The van der Waals surface area contributed by atoms with Crippen molar-refractivity contribution in [3.05, 3.63) is 83.6 Å². The molecule has 5 nitrogen and oxygen atoms in total. The van der Waals surface area contributed by atoms with Crippen LogP contribution in [-0.2, 0) is 26.6 Å². The normalized spacial score (nSPS) is 21.6. The summed E-state index contributed by atoms with van der Waals surface area (Å²) >= 11 is 0. The molecule has 0 bridgehead atoms. The Morgan fingerprint density at radius 1 is 1.04 bits per heavy atom. The second-order valence-electron chi connectivity index (χ2n) is 6.88. The number of carbonyl (C=O) groups excluding carboxylic acids is 2. The molecule has 2 aromatic rings. The SMILES string of the molecule is COC1(c2ccccc2)NC(=O)/C(=C/C(C)C)N(Cc2ccccc2)C1=O. The monoisotopic (exact) mass is 364 g/mol. The number of amides is 2. The maximum Gasteiger partial charge on any atom is 0.285 e. The Morgan fingerprint density at radius 3 is 2.19 bits per heavy atom. The van der Waals surface area contributed by atoms with Crippen molar-refractivity contribution in [2.45, 2.75) is 26.1 Å². The third kappa shape index (κ3) is 3.64. The van der Waals surface area contributed by atoms with Crippen molar-refractivity contribution in [1.82, 2.24) is 10.2 Å². The molecule has 0 aromatic heterocycles. The number of benzene rings is 2. The molecule has 1 fully saturated rings. The van der Waals surface area contributed by atoms with E-state index in [0.29, 0.717) is 17.8 Å². The highest BCUT2D eigenvalue weighted by Gasteiger charge is 2.51. The molecule has 1 saturated heterocycles. The van der Waals surface area contributed by atoms with Crippen LogP contribution in [0.1, 0.15) is 25.0 Å². The van der Waals surface area contributed by atoms with Crippen LogP contribution in [0.25, 0.3) is 0 Å². The van der Waals surface area contributed by atoms with E-state index in [1.165, 1.54) is 12.0 Å². The summed E-state index contributed by atoms with van der Waals surface area (Å²) in [6.07, 6.45) is 1.81. The number of carbonyl (C=O) groups is 2. The molecule has 0 saturated carbocycles. The van der Waals surface area contributed by atoms with Crippen LogP contribution in [0.2, 0.25) is 0 Å². The second-order valence-corrected chi connectivity index (χ2v) is 6.88. The third-order valence-electron chi connectivity index (χ3n) is 4.52. The topological polar surface area (TPSA) is 58.6 Å². The van der Waals surface area contributed by atoms with Crippen LogP contribution in [0.3, 0.4) is 0 Å². The number of hydrogen-bond acceptors (Lipinski definition) is 3. The predicted octanol–water partition coefficient (Wildman–Crippen LogP) is 3.18. The van der Waals surface area contributed by atoms with Crippen molar-refractivity contribution in [2.75, 3.05) is 7.11 Å². The molecule has 27 heavy (non-hydrogen) atoms. The zero-order valence-corrected chi connectivity index (χ0v) is 15.8. The van der Waals surface area contributed by atoms with E-state index in [4.69, 9.17) is 4.74 Å². The average molecular weight is 364 g/mol. The summed E-state index contributed by atoms with van der Waals surface area (Å²) in [5.41, 5.74) is 0.338. The lowest BCUT2D eigenvalue weighted by Crippen LogP contribution is -2.64. The first-order chi connectivity index (χ1) is 13.0. The van der Waals surface area contributed by atoms with Crippen molar-refractivity contribution in [3.8, 4) is 0 Å². The van der Waals surface area contributed by atoms with Gasteiger partial charge in [0.15, 0.2) is 0 Å². The zero-order valence-electron chi connectivity index (χ0n) is 15.8. The molecule has 3 rings (SSSR count). The van der Waals surface area contributed by atoms with Crippen molar-refractivity contribution >= 4 is 11.8 Å². The Kier molecular flexibility index (Phi) is 5.42. The molecule has 140 valence electrons. The van der Waals surface area contributed by atoms with Crippen molar-refractivity contribution in [1.29, 1.82) is 0 Å². The second kappa shape index (κ2) is 7.76. The largest absolute Gasteiger partial charge is 0.347 e. The average Bonchev–Trinajstić information content (AvgIpc) is 2.68. The molecule has 5 heteroatoms. The van der Waals surface area contributed by atoms with Crippen LogP contribution in [-0.4, -0.2) is 23.8 Å². The number of methoxy groups -OCH3 is 1. The molecule has 2 amide bonds. The number of hydrogen-bond donors (Lipinski definition) is 1. The highest BCUT2D eigenvalue weighted by atomic mass is 16.5. The molecular formula is C22H24N2O3. The predicted molar refractivity (Wildman–Crippen MR) is 103 cm³/mol. The highest BCUT2D eigenvalue weighted by Crippen LogP contribution is 2.32. The van der Waals surface area contributed by atoms with Crippen molar-refractivity contribution in [2.24, 2.45) is 5.92 Å². The molecule has 0 spiro atoms. The fraction of sp³-hybridized carbons (Fsp3) is 0.273. The van der Waals surface area contributed by atoms with Crippen LogP contribution in [0.15, 0.2) is 72.4 Å². The van der Waals surface area contributed by atoms with Gasteiger partial charge >= 0.3 is 0 Å². The number of rotatable bonds is 5. The number of piperazine rings is 1. The standard InChI is InChI=1S/C22H24N2O3/c1-16(2)14-19-20(25)23-22(27-3,18-12-8-5-9-13-18)21(26)24(19)15-17-10-6-4-7-11-17/h4-14,16H,15H2,1-3H3,(H,23,25)/b19-14-. The van der Waals surface area contributed by atoms with Gasteiger partial charge < -0.3 is 10.1 Å². The maximum atomic E-state index is 13.6. The highest BCUT2D eigenvalue weighted by molar-refractivity contribution is 6.06. The van der Waals surface area contributed by atoms with Gasteiger partial charge in [0.05, 0.1) is 6.54 Å². The molecule has 1 atom stereocenters. The van der Waals surface area contributed by atoms with Crippen LogP contribution < -0.4 is 5.32 Å². The van der Waals surface area contributed by atoms with Gasteiger partial charge in [0.25, 0.3) is 11.8 Å². The third-order valence-corrected chi connectivity index (χ3v) is 4.52. The van der Waals surface area contributed by atoms with E-state index >= 15 is 0 Å². The molecule has 2 aromatic carbocycles. The first-order valence-electron chi connectivity index (χ1n) is 8.99. The summed E-state index contributed by atoms with van der Waals surface area (Å²) < 4.78 is 5.62. The molecule has 0 radical (unpaired) electrons. The van der Waals surface area contributed by atoms with Gasteiger partial charge in [0.1, 0.15) is 5.70 Å². The van der Waals surface area contributed by atoms with Crippen LogP contribution in [0, 0.1) is 5.92 Å². The molecule has 1 aliphatic heterocycles. The Hall–Kier alpha value is -2.92. The number of ether oxygens (including phenoxy) is 1. The maximum absolute atomic E-state index is 13.6. The summed E-state index contributed by atoms with van der Waals surface area (Å²) in [4.78, 5) is 28.1. The van der Waals surface area contributed by atoms with Gasteiger partial charge in [0, 0.05) is 12.7 Å². The van der Waals surface area contributed by atoms with E-state index in [9.17, 15) is 9.59 Å². The fourth-order valence-electron chi connectivity index (χ4n) is 3.23. The summed E-state index contributed by atoms with van der Waals surface area (Å²) in [6, 6.07) is 18.7. The number of allylic oxidation sites excluding steroid dienone is 1. The summed E-state index contributed by atoms with van der Waals surface area (Å²) in [5.74, 6) is -0.528. The van der Waals surface area contributed by atoms with Gasteiger partial charge in [-0.1, -0.05) is 80.6 Å². The van der Waals surface area contributed by atoms with E-state index in [1.54, 1.807) is 18.2 Å². The van der Waals surface area contributed by atoms with Crippen LogP contribution in [0.5, 0.6) is 0 Å². The fourth-order valence-corrected chi connectivity index (χ4v) is 3.23. The van der Waals surface area contributed by atoms with E-state index in [1.807, 2.05) is 62.4 Å². The zero-order chi connectivity index (χ0) is 19.4. The van der Waals surface area contributed by atoms with Gasteiger partial charge in [-0.2, -0.15) is 0 Å². The van der Waals surface area contributed by atoms with E-state index in [-0.39, 0.29) is 17.7 Å². The minimum absolute atomic E-state index is 0.114. The Bertz CT molecular complexity index is 846. The van der Waals surface area contributed by atoms with E-state index in [0.717, 1.165) is 5.56 Å². The first-order valence-corrected chi connectivity index (χ1v) is 8.99. The Balaban J connectivity index is 2.09. The molecule has 1 heterocycles. The van der Waals surface area contributed by atoms with Crippen LogP contribution >= 0.6 is 0 Å². The lowest BCUT2D eigenvalue weighted by Gasteiger charge is -2.42. The van der Waals surface area contributed by atoms with Crippen molar-refractivity contribution in [3.63, 3.8) is 0 Å². The molecular weight excluding hydrogens is 340 g/mol. The minimum Gasteiger partial charge on any atom is -0.347 e. The molecule has 1 unspecified atom stereocenters. The minimum atomic E-state index is -1.54. The summed E-state index contributed by atoms with van der Waals surface area (Å²) in [6.45, 7) is 4.24. The van der Waals surface area contributed by atoms with Gasteiger partial charge in [-0.3, -0.25) is 14.5 Å².